The molecule has 34 heavy (non-hydrogen) atoms. The number of nitrogens with zero attached hydrogens (tertiary/aromatic N) is 6. The van der Waals surface area contributed by atoms with Gasteiger partial charge in [-0.2, -0.15) is 9.61 Å². The van der Waals surface area contributed by atoms with Gasteiger partial charge in [-0.3, -0.25) is 4.79 Å². The molecular formula is C24H19N7OS2. The van der Waals surface area contributed by atoms with Crippen molar-refractivity contribution in [3.8, 4) is 0 Å². The van der Waals surface area contributed by atoms with Gasteiger partial charge in [-0.05, 0) is 42.7 Å². The third-order valence-corrected chi connectivity index (χ3v) is 8.53. The summed E-state index contributed by atoms with van der Waals surface area (Å²) in [7, 11) is 0. The molecule has 7 rings (SSSR count). The minimum atomic E-state index is -0.0818. The van der Waals surface area contributed by atoms with Crippen molar-refractivity contribution in [3.05, 3.63) is 59.2 Å². The zero-order valence-corrected chi connectivity index (χ0v) is 19.7. The van der Waals surface area contributed by atoms with Crippen LogP contribution in [0.3, 0.4) is 0 Å². The summed E-state index contributed by atoms with van der Waals surface area (Å²) in [4.78, 5) is 19.9. The Morgan fingerprint density at radius 1 is 1.09 bits per heavy atom. The molecule has 10 heteroatoms. The van der Waals surface area contributed by atoms with Crippen LogP contribution in [0.4, 0.5) is 5.69 Å². The molecule has 0 unspecified atom stereocenters. The Kier molecular flexibility index (Phi) is 4.56. The van der Waals surface area contributed by atoms with Crippen molar-refractivity contribution in [1.29, 1.82) is 0 Å². The Morgan fingerprint density at radius 3 is 2.94 bits per heavy atom. The molecule has 1 aliphatic carbocycles. The van der Waals surface area contributed by atoms with Crippen LogP contribution in [0, 0.1) is 0 Å². The molecule has 0 radical (unpaired) electrons. The van der Waals surface area contributed by atoms with Crippen molar-refractivity contribution in [1.82, 2.24) is 29.2 Å². The van der Waals surface area contributed by atoms with E-state index in [1.165, 1.54) is 35.0 Å². The maximum absolute atomic E-state index is 12.9. The van der Waals surface area contributed by atoms with Crippen molar-refractivity contribution in [2.24, 2.45) is 0 Å². The zero-order chi connectivity index (χ0) is 22.6. The van der Waals surface area contributed by atoms with E-state index in [4.69, 9.17) is 0 Å². The fourth-order valence-electron chi connectivity index (χ4n) is 4.82. The number of aryl methyl sites for hydroxylation is 2. The Morgan fingerprint density at radius 2 is 1.97 bits per heavy atom. The molecule has 1 amide bonds. The number of thioether (sulfide) groups is 1. The van der Waals surface area contributed by atoms with Crippen molar-refractivity contribution in [2.75, 3.05) is 11.1 Å². The van der Waals surface area contributed by atoms with Crippen LogP contribution < -0.4 is 5.32 Å². The molecule has 8 nitrogen and oxygen atoms in total. The van der Waals surface area contributed by atoms with Crippen LogP contribution in [-0.4, -0.2) is 40.9 Å². The summed E-state index contributed by atoms with van der Waals surface area (Å²) in [5, 5.41) is 20.3. The highest BCUT2D eigenvalue weighted by Gasteiger charge is 2.24. The molecule has 0 saturated carbocycles. The van der Waals surface area contributed by atoms with Crippen LogP contribution in [0.2, 0.25) is 0 Å². The van der Waals surface area contributed by atoms with E-state index in [1.54, 1.807) is 22.2 Å². The van der Waals surface area contributed by atoms with Gasteiger partial charge in [0.05, 0.1) is 11.1 Å². The molecule has 4 heterocycles. The number of benzene rings is 2. The van der Waals surface area contributed by atoms with Crippen LogP contribution >= 0.6 is 23.1 Å². The second-order valence-corrected chi connectivity index (χ2v) is 10.4. The van der Waals surface area contributed by atoms with Gasteiger partial charge in [-0.1, -0.05) is 48.2 Å². The highest BCUT2D eigenvalue weighted by atomic mass is 32.2. The number of rotatable bonds is 4. The van der Waals surface area contributed by atoms with Crippen LogP contribution in [0.5, 0.6) is 0 Å². The summed E-state index contributed by atoms with van der Waals surface area (Å²) < 4.78 is 3.80. The minimum absolute atomic E-state index is 0.0818. The van der Waals surface area contributed by atoms with Crippen molar-refractivity contribution in [3.63, 3.8) is 0 Å². The Labute approximate surface area is 202 Å². The van der Waals surface area contributed by atoms with Crippen LogP contribution in [0.15, 0.2) is 53.9 Å². The largest absolute Gasteiger partial charge is 0.325 e. The van der Waals surface area contributed by atoms with Gasteiger partial charge in [0.15, 0.2) is 10.8 Å². The number of hydrogen-bond acceptors (Lipinski definition) is 7. The average Bonchev–Trinajstić information content (AvgIpc) is 3.59. The van der Waals surface area contributed by atoms with Gasteiger partial charge in [-0.15, -0.1) is 21.5 Å². The third kappa shape index (κ3) is 3.02. The normalized spacial score (nSPS) is 13.8. The molecule has 1 aliphatic rings. The highest BCUT2D eigenvalue weighted by Crippen LogP contribution is 2.39. The molecule has 168 valence electrons. The number of carbonyl (C=O) groups is 1. The topological polar surface area (TPSA) is 89.5 Å². The Balaban J connectivity index is 1.25. The number of fused-ring (bicyclic) bond motifs is 9. The van der Waals surface area contributed by atoms with Crippen LogP contribution in [0.25, 0.3) is 32.4 Å². The predicted molar refractivity (Wildman–Crippen MR) is 135 cm³/mol. The first-order chi connectivity index (χ1) is 16.8. The smallest absolute Gasteiger partial charge is 0.260 e. The summed E-state index contributed by atoms with van der Waals surface area (Å²) in [6.07, 6.45) is 6.12. The molecule has 1 N–H and O–H groups in total. The molecule has 0 spiro atoms. The second kappa shape index (κ2) is 7.78. The van der Waals surface area contributed by atoms with E-state index in [-0.39, 0.29) is 11.7 Å². The van der Waals surface area contributed by atoms with Gasteiger partial charge in [0.2, 0.25) is 5.91 Å². The summed E-state index contributed by atoms with van der Waals surface area (Å²) in [6, 6.07) is 14.0. The number of thiophene rings is 1. The van der Waals surface area contributed by atoms with E-state index in [9.17, 15) is 4.79 Å². The van der Waals surface area contributed by atoms with E-state index in [2.05, 4.69) is 25.6 Å². The zero-order valence-electron chi connectivity index (χ0n) is 18.1. The van der Waals surface area contributed by atoms with Gasteiger partial charge in [0, 0.05) is 16.0 Å². The van der Waals surface area contributed by atoms with Gasteiger partial charge in [0.25, 0.3) is 5.78 Å². The first-order valence-corrected chi connectivity index (χ1v) is 13.0. The van der Waals surface area contributed by atoms with E-state index in [0.717, 1.165) is 45.2 Å². The highest BCUT2D eigenvalue weighted by molar-refractivity contribution is 7.99. The molecule has 0 saturated heterocycles. The van der Waals surface area contributed by atoms with Crippen LogP contribution in [0.1, 0.15) is 23.3 Å². The van der Waals surface area contributed by atoms with Crippen molar-refractivity contribution in [2.45, 2.75) is 30.8 Å². The van der Waals surface area contributed by atoms with Crippen LogP contribution in [-0.2, 0) is 17.6 Å². The van der Waals surface area contributed by atoms with Crippen molar-refractivity contribution < 1.29 is 4.79 Å². The number of anilines is 1. The predicted octanol–water partition coefficient (Wildman–Crippen LogP) is 4.75. The lowest BCUT2D eigenvalue weighted by molar-refractivity contribution is -0.113. The summed E-state index contributed by atoms with van der Waals surface area (Å²) in [5.74, 6) is 0.767. The summed E-state index contributed by atoms with van der Waals surface area (Å²) >= 11 is 3.18. The number of hydrogen-bond donors (Lipinski definition) is 1. The number of carbonyl (C=O) groups excluding carboxylic acids is 1. The van der Waals surface area contributed by atoms with E-state index in [1.807, 2.05) is 46.9 Å². The molecule has 6 aromatic rings. The van der Waals surface area contributed by atoms with E-state index in [0.29, 0.717) is 10.9 Å². The quantitative estimate of drug-likeness (QED) is 0.363. The molecule has 0 bridgehead atoms. The average molecular weight is 486 g/mol. The summed E-state index contributed by atoms with van der Waals surface area (Å²) in [6.45, 7) is 0. The lowest BCUT2D eigenvalue weighted by atomic mass is 9.97. The number of aromatic nitrogens is 6. The van der Waals surface area contributed by atoms with E-state index < -0.39 is 0 Å². The molecule has 0 aliphatic heterocycles. The van der Waals surface area contributed by atoms with Gasteiger partial charge < -0.3 is 5.32 Å². The first kappa shape index (κ1) is 19.9. The van der Waals surface area contributed by atoms with Crippen molar-refractivity contribution >= 4 is 67.1 Å². The molecule has 4 aromatic heterocycles. The third-order valence-electron chi connectivity index (χ3n) is 6.33. The molecule has 0 atom stereocenters. The van der Waals surface area contributed by atoms with Gasteiger partial charge in [0.1, 0.15) is 11.2 Å². The standard InChI is InChI=1S/C24H19N7OS2/c32-19(27-17-10-5-7-14-6-1-2-8-15(14)17)12-33-24-29-28-23-30(24)22-20(21-25-13-26-31(21)23)16-9-3-4-11-18(16)34-22/h1-2,5-8,10,13H,3-4,9,11-12H2,(H,27,32). The number of amides is 1. The lowest BCUT2D eigenvalue weighted by Gasteiger charge is -2.10. The SMILES string of the molecule is O=C(CSc1nnc2n3ncnc3c3c4c(sc3n12)CCCC4)Nc1cccc2ccccc12. The molecule has 2 aromatic carbocycles. The second-order valence-electron chi connectivity index (χ2n) is 8.37. The molecular weight excluding hydrogens is 466 g/mol. The minimum Gasteiger partial charge on any atom is -0.325 e. The maximum atomic E-state index is 12.9. The van der Waals surface area contributed by atoms with Gasteiger partial charge >= 0.3 is 0 Å². The first-order valence-electron chi connectivity index (χ1n) is 11.2. The Hall–Kier alpha value is -3.50. The fraction of sp³-hybridized carbons (Fsp3) is 0.208. The fourth-order valence-corrected chi connectivity index (χ4v) is 6.99. The Bertz CT molecular complexity index is 1730. The molecule has 0 fully saturated rings. The van der Waals surface area contributed by atoms with E-state index >= 15 is 0 Å². The summed E-state index contributed by atoms with van der Waals surface area (Å²) in [5.41, 5.74) is 3.02. The number of nitrogens with one attached hydrogen (secondary N) is 1. The lowest BCUT2D eigenvalue weighted by Crippen LogP contribution is -2.14. The monoisotopic (exact) mass is 485 g/mol. The van der Waals surface area contributed by atoms with Gasteiger partial charge in [-0.25, -0.2) is 9.38 Å². The maximum Gasteiger partial charge on any atom is 0.260 e.